The third-order valence-corrected chi connectivity index (χ3v) is 4.74. The van der Waals surface area contributed by atoms with Gasteiger partial charge in [0.25, 0.3) is 5.56 Å². The van der Waals surface area contributed by atoms with Crippen LogP contribution in [0.1, 0.15) is 16.0 Å². The van der Waals surface area contributed by atoms with Gasteiger partial charge in [-0.3, -0.25) is 4.79 Å². The van der Waals surface area contributed by atoms with Crippen molar-refractivity contribution in [3.63, 3.8) is 0 Å². The lowest BCUT2D eigenvalue weighted by molar-refractivity contribution is 0.377. The maximum atomic E-state index is 13.6. The first-order chi connectivity index (χ1) is 11.7. The van der Waals surface area contributed by atoms with Crippen LogP contribution in [0.25, 0.3) is 10.2 Å². The van der Waals surface area contributed by atoms with Crippen molar-refractivity contribution in [1.29, 1.82) is 0 Å². The standard InChI is InChI=1S/C15H8F5N3OS/c1-5-6(2)25-14-8(5)15(24)23(4-21-14)22-3-7-9(16)11(18)13(20)12(19)10(7)17/h3-4H,1-2H3/b22-3+. The number of benzene rings is 1. The summed E-state index contributed by atoms with van der Waals surface area (Å²) in [5.74, 6) is -10.5. The Hall–Kier alpha value is -2.62. The summed E-state index contributed by atoms with van der Waals surface area (Å²) < 4.78 is 67.2. The van der Waals surface area contributed by atoms with Crippen molar-refractivity contribution in [2.24, 2.45) is 5.10 Å². The minimum Gasteiger partial charge on any atom is -0.267 e. The van der Waals surface area contributed by atoms with Crippen molar-refractivity contribution < 1.29 is 22.0 Å². The first-order valence-corrected chi connectivity index (χ1v) is 7.58. The summed E-state index contributed by atoms with van der Waals surface area (Å²) >= 11 is 1.29. The molecule has 0 bridgehead atoms. The summed E-state index contributed by atoms with van der Waals surface area (Å²) in [6, 6.07) is 0. The van der Waals surface area contributed by atoms with E-state index in [1.54, 1.807) is 13.8 Å². The van der Waals surface area contributed by atoms with Gasteiger partial charge in [-0.05, 0) is 19.4 Å². The van der Waals surface area contributed by atoms with Gasteiger partial charge >= 0.3 is 0 Å². The Kier molecular flexibility index (Phi) is 4.15. The Bertz CT molecular complexity index is 1070. The second kappa shape index (κ2) is 6.03. The molecule has 0 aliphatic rings. The van der Waals surface area contributed by atoms with Crippen LogP contribution in [0.15, 0.2) is 16.2 Å². The number of aryl methyl sites for hydroxylation is 2. The van der Waals surface area contributed by atoms with Crippen LogP contribution in [-0.2, 0) is 0 Å². The lowest BCUT2D eigenvalue weighted by Gasteiger charge is -2.04. The van der Waals surface area contributed by atoms with Gasteiger partial charge < -0.3 is 0 Å². The van der Waals surface area contributed by atoms with E-state index in [2.05, 4.69) is 10.1 Å². The fourth-order valence-corrected chi connectivity index (χ4v) is 3.15. The monoisotopic (exact) mass is 373 g/mol. The Balaban J connectivity index is 2.16. The molecule has 0 N–H and O–H groups in total. The summed E-state index contributed by atoms with van der Waals surface area (Å²) in [5, 5.41) is 3.77. The summed E-state index contributed by atoms with van der Waals surface area (Å²) in [6.07, 6.45) is 1.39. The van der Waals surface area contributed by atoms with Crippen molar-refractivity contribution in [2.45, 2.75) is 13.8 Å². The van der Waals surface area contributed by atoms with Crippen LogP contribution in [0.4, 0.5) is 22.0 Å². The predicted molar refractivity (Wildman–Crippen MR) is 82.6 cm³/mol. The van der Waals surface area contributed by atoms with Gasteiger partial charge in [0, 0.05) is 4.88 Å². The molecule has 130 valence electrons. The zero-order valence-electron chi connectivity index (χ0n) is 12.7. The molecule has 0 aliphatic carbocycles. The molecule has 2 heterocycles. The zero-order chi connectivity index (χ0) is 18.5. The first-order valence-electron chi connectivity index (χ1n) is 6.77. The predicted octanol–water partition coefficient (Wildman–Crippen LogP) is 3.65. The molecule has 25 heavy (non-hydrogen) atoms. The number of nitrogens with zero attached hydrogens (tertiary/aromatic N) is 3. The quantitative estimate of drug-likeness (QED) is 0.298. The number of hydrogen-bond donors (Lipinski definition) is 0. The van der Waals surface area contributed by atoms with Crippen LogP contribution in [0, 0.1) is 42.9 Å². The lowest BCUT2D eigenvalue weighted by Crippen LogP contribution is -2.17. The van der Waals surface area contributed by atoms with Crippen LogP contribution >= 0.6 is 11.3 Å². The molecule has 0 fully saturated rings. The third-order valence-electron chi connectivity index (χ3n) is 3.63. The average Bonchev–Trinajstić information content (AvgIpc) is 2.88. The number of hydrogen-bond acceptors (Lipinski definition) is 4. The van der Waals surface area contributed by atoms with E-state index in [4.69, 9.17) is 0 Å². The van der Waals surface area contributed by atoms with Crippen LogP contribution in [0.2, 0.25) is 0 Å². The van der Waals surface area contributed by atoms with E-state index in [0.717, 1.165) is 11.2 Å². The molecule has 4 nitrogen and oxygen atoms in total. The summed E-state index contributed by atoms with van der Waals surface area (Å²) in [5.41, 5.74) is -1.19. The van der Waals surface area contributed by atoms with E-state index in [1.165, 1.54) is 11.3 Å². The number of aromatic nitrogens is 2. The van der Waals surface area contributed by atoms with Gasteiger partial charge in [-0.25, -0.2) is 26.9 Å². The molecular weight excluding hydrogens is 365 g/mol. The molecule has 0 atom stereocenters. The Morgan fingerprint density at radius 3 is 2.20 bits per heavy atom. The van der Waals surface area contributed by atoms with Crippen molar-refractivity contribution in [2.75, 3.05) is 0 Å². The number of thiophene rings is 1. The lowest BCUT2D eigenvalue weighted by atomic mass is 10.2. The minimum absolute atomic E-state index is 0.277. The van der Waals surface area contributed by atoms with E-state index < -0.39 is 40.2 Å². The Morgan fingerprint density at radius 2 is 1.60 bits per heavy atom. The van der Waals surface area contributed by atoms with Crippen LogP contribution in [0.5, 0.6) is 0 Å². The fourth-order valence-electron chi connectivity index (χ4n) is 2.16. The zero-order valence-corrected chi connectivity index (χ0v) is 13.5. The van der Waals surface area contributed by atoms with Gasteiger partial charge in [-0.1, -0.05) is 0 Å². The van der Waals surface area contributed by atoms with Crippen molar-refractivity contribution >= 4 is 27.8 Å². The molecule has 0 unspecified atom stereocenters. The maximum absolute atomic E-state index is 13.6. The summed E-state index contributed by atoms with van der Waals surface area (Å²) in [4.78, 5) is 17.7. The van der Waals surface area contributed by atoms with Gasteiger partial charge in [0.2, 0.25) is 5.82 Å². The van der Waals surface area contributed by atoms with Gasteiger partial charge in [-0.2, -0.15) is 9.78 Å². The minimum atomic E-state index is -2.27. The molecule has 3 aromatic rings. The molecular formula is C15H8F5N3OS. The highest BCUT2D eigenvalue weighted by Crippen LogP contribution is 2.25. The van der Waals surface area contributed by atoms with Crippen LogP contribution in [-0.4, -0.2) is 15.9 Å². The van der Waals surface area contributed by atoms with Gasteiger partial charge in [0.15, 0.2) is 23.3 Å². The van der Waals surface area contributed by atoms with E-state index in [0.29, 0.717) is 21.3 Å². The molecule has 2 aromatic heterocycles. The Labute approximate surface area is 140 Å². The summed E-state index contributed by atoms with van der Waals surface area (Å²) in [6.45, 7) is 3.50. The van der Waals surface area contributed by atoms with E-state index in [9.17, 15) is 26.7 Å². The number of halogens is 5. The van der Waals surface area contributed by atoms with E-state index in [-0.39, 0.29) is 5.39 Å². The van der Waals surface area contributed by atoms with Gasteiger partial charge in [0.05, 0.1) is 17.2 Å². The molecule has 3 rings (SSSR count). The molecule has 0 saturated carbocycles. The molecule has 0 aliphatic heterocycles. The van der Waals surface area contributed by atoms with Crippen molar-refractivity contribution in [3.05, 3.63) is 61.8 Å². The number of fused-ring (bicyclic) bond motifs is 1. The highest BCUT2D eigenvalue weighted by molar-refractivity contribution is 7.18. The van der Waals surface area contributed by atoms with Crippen LogP contribution in [0.3, 0.4) is 0 Å². The second-order valence-electron chi connectivity index (χ2n) is 5.09. The fraction of sp³-hybridized carbons (Fsp3) is 0.133. The van der Waals surface area contributed by atoms with E-state index >= 15 is 0 Å². The van der Waals surface area contributed by atoms with Gasteiger partial charge in [-0.15, -0.1) is 11.3 Å². The third kappa shape index (κ3) is 2.62. The van der Waals surface area contributed by atoms with Crippen LogP contribution < -0.4 is 5.56 Å². The largest absolute Gasteiger partial charge is 0.282 e. The molecule has 1 aromatic carbocycles. The van der Waals surface area contributed by atoms with Gasteiger partial charge in [0.1, 0.15) is 11.2 Å². The van der Waals surface area contributed by atoms with Crippen molar-refractivity contribution in [3.8, 4) is 0 Å². The highest BCUT2D eigenvalue weighted by atomic mass is 32.1. The van der Waals surface area contributed by atoms with E-state index in [1.807, 2.05) is 0 Å². The Morgan fingerprint density at radius 1 is 1.04 bits per heavy atom. The highest BCUT2D eigenvalue weighted by Gasteiger charge is 2.24. The topological polar surface area (TPSA) is 47.2 Å². The normalized spacial score (nSPS) is 11.8. The first kappa shape index (κ1) is 17.2. The maximum Gasteiger partial charge on any atom is 0.282 e. The number of rotatable bonds is 2. The average molecular weight is 373 g/mol. The molecule has 0 radical (unpaired) electrons. The second-order valence-corrected chi connectivity index (χ2v) is 6.29. The molecule has 0 spiro atoms. The summed E-state index contributed by atoms with van der Waals surface area (Å²) in [7, 11) is 0. The molecule has 0 saturated heterocycles. The van der Waals surface area contributed by atoms with Crippen molar-refractivity contribution in [1.82, 2.24) is 9.66 Å². The smallest absolute Gasteiger partial charge is 0.267 e. The SMILES string of the molecule is Cc1sc2ncn(/N=C/c3c(F)c(F)c(F)c(F)c3F)c(=O)c2c1C. The molecule has 10 heteroatoms. The molecule has 0 amide bonds.